The zero-order valence-electron chi connectivity index (χ0n) is 10.3. The fourth-order valence-electron chi connectivity index (χ4n) is 2.43. The fraction of sp³-hybridized carbons (Fsp3) is 1.00. The van der Waals surface area contributed by atoms with Crippen molar-refractivity contribution in [1.82, 2.24) is 15.1 Å². The summed E-state index contributed by atoms with van der Waals surface area (Å²) < 4.78 is 5.69. The standard InChI is InChI=1S/C12H25N3O/c1-2-6-14(5-1)9-11-16-12-10-15-7-3-13-4-8-15/h13H,1-12H2. The quantitative estimate of drug-likeness (QED) is 0.647. The van der Waals surface area contributed by atoms with Crippen LogP contribution in [0.15, 0.2) is 0 Å². The minimum absolute atomic E-state index is 0.897. The first-order valence-electron chi connectivity index (χ1n) is 6.68. The van der Waals surface area contributed by atoms with E-state index in [2.05, 4.69) is 15.1 Å². The maximum absolute atomic E-state index is 5.69. The van der Waals surface area contributed by atoms with Crippen LogP contribution in [0.4, 0.5) is 0 Å². The fourth-order valence-corrected chi connectivity index (χ4v) is 2.43. The van der Waals surface area contributed by atoms with Gasteiger partial charge >= 0.3 is 0 Å². The molecule has 2 rings (SSSR count). The molecule has 2 saturated heterocycles. The molecule has 0 aromatic heterocycles. The Labute approximate surface area is 98.9 Å². The second-order valence-corrected chi connectivity index (χ2v) is 4.75. The van der Waals surface area contributed by atoms with E-state index in [1.165, 1.54) is 39.0 Å². The SMILES string of the molecule is C1CCN(CCOCCN2CCNCC2)C1. The molecule has 2 fully saturated rings. The molecule has 0 radical (unpaired) electrons. The predicted molar refractivity (Wildman–Crippen MR) is 65.8 cm³/mol. The summed E-state index contributed by atoms with van der Waals surface area (Å²) in [6.07, 6.45) is 2.75. The Morgan fingerprint density at radius 3 is 2.00 bits per heavy atom. The lowest BCUT2D eigenvalue weighted by atomic mass is 10.4. The van der Waals surface area contributed by atoms with Crippen LogP contribution in [0.2, 0.25) is 0 Å². The van der Waals surface area contributed by atoms with Gasteiger partial charge in [0.2, 0.25) is 0 Å². The van der Waals surface area contributed by atoms with Crippen LogP contribution in [0.1, 0.15) is 12.8 Å². The summed E-state index contributed by atoms with van der Waals surface area (Å²) in [7, 11) is 0. The van der Waals surface area contributed by atoms with E-state index in [1.807, 2.05) is 0 Å². The van der Waals surface area contributed by atoms with E-state index in [9.17, 15) is 0 Å². The molecule has 0 spiro atoms. The van der Waals surface area contributed by atoms with Crippen molar-refractivity contribution < 1.29 is 4.74 Å². The third-order valence-electron chi connectivity index (χ3n) is 3.51. The predicted octanol–water partition coefficient (Wildman–Crippen LogP) is 0.00400. The Kier molecular flexibility index (Phi) is 5.55. The van der Waals surface area contributed by atoms with Crippen LogP contribution in [0.25, 0.3) is 0 Å². The van der Waals surface area contributed by atoms with E-state index in [1.54, 1.807) is 0 Å². The first-order chi connectivity index (χ1) is 7.95. The van der Waals surface area contributed by atoms with Crippen molar-refractivity contribution in [3.8, 4) is 0 Å². The van der Waals surface area contributed by atoms with Gasteiger partial charge in [-0.1, -0.05) is 0 Å². The van der Waals surface area contributed by atoms with E-state index < -0.39 is 0 Å². The number of ether oxygens (including phenoxy) is 1. The lowest BCUT2D eigenvalue weighted by Crippen LogP contribution is -2.44. The average molecular weight is 227 g/mol. The van der Waals surface area contributed by atoms with Crippen molar-refractivity contribution in [2.24, 2.45) is 0 Å². The second kappa shape index (κ2) is 7.22. The Balaban J connectivity index is 1.42. The van der Waals surface area contributed by atoms with Gasteiger partial charge in [-0.2, -0.15) is 0 Å². The monoisotopic (exact) mass is 227 g/mol. The molecule has 2 aliphatic heterocycles. The van der Waals surface area contributed by atoms with Crippen molar-refractivity contribution in [3.63, 3.8) is 0 Å². The summed E-state index contributed by atoms with van der Waals surface area (Å²) in [6.45, 7) is 11.2. The third kappa shape index (κ3) is 4.37. The van der Waals surface area contributed by atoms with E-state index in [0.717, 1.165) is 39.4 Å². The second-order valence-electron chi connectivity index (χ2n) is 4.75. The molecule has 2 heterocycles. The molecule has 16 heavy (non-hydrogen) atoms. The zero-order chi connectivity index (χ0) is 11.1. The van der Waals surface area contributed by atoms with Gasteiger partial charge in [0.25, 0.3) is 0 Å². The summed E-state index contributed by atoms with van der Waals surface area (Å²) in [5.74, 6) is 0. The number of nitrogens with zero attached hydrogens (tertiary/aromatic N) is 2. The number of nitrogens with one attached hydrogen (secondary N) is 1. The van der Waals surface area contributed by atoms with E-state index in [-0.39, 0.29) is 0 Å². The van der Waals surface area contributed by atoms with Crippen molar-refractivity contribution in [2.75, 3.05) is 65.6 Å². The highest BCUT2D eigenvalue weighted by Crippen LogP contribution is 2.05. The van der Waals surface area contributed by atoms with Crippen molar-refractivity contribution in [3.05, 3.63) is 0 Å². The van der Waals surface area contributed by atoms with Gasteiger partial charge in [0, 0.05) is 39.3 Å². The normalized spacial score (nSPS) is 24.0. The Morgan fingerprint density at radius 1 is 0.812 bits per heavy atom. The van der Waals surface area contributed by atoms with Crippen LogP contribution in [0.5, 0.6) is 0 Å². The molecular formula is C12H25N3O. The van der Waals surface area contributed by atoms with Gasteiger partial charge in [-0.05, 0) is 25.9 Å². The number of likely N-dealkylation sites (tertiary alicyclic amines) is 1. The summed E-state index contributed by atoms with van der Waals surface area (Å²) in [5, 5.41) is 3.36. The molecule has 0 aromatic rings. The molecule has 0 bridgehead atoms. The maximum Gasteiger partial charge on any atom is 0.0594 e. The van der Waals surface area contributed by atoms with Gasteiger partial charge in [0.05, 0.1) is 13.2 Å². The molecular weight excluding hydrogens is 202 g/mol. The van der Waals surface area contributed by atoms with Crippen LogP contribution in [0.3, 0.4) is 0 Å². The molecule has 1 N–H and O–H groups in total. The molecule has 0 unspecified atom stereocenters. The lowest BCUT2D eigenvalue weighted by molar-refractivity contribution is 0.0846. The molecule has 2 aliphatic rings. The number of rotatable bonds is 6. The smallest absolute Gasteiger partial charge is 0.0594 e. The largest absolute Gasteiger partial charge is 0.379 e. The number of piperazine rings is 1. The Morgan fingerprint density at radius 2 is 1.38 bits per heavy atom. The molecule has 4 heteroatoms. The maximum atomic E-state index is 5.69. The molecule has 0 saturated carbocycles. The zero-order valence-corrected chi connectivity index (χ0v) is 10.3. The van der Waals surface area contributed by atoms with Crippen LogP contribution >= 0.6 is 0 Å². The van der Waals surface area contributed by atoms with Gasteiger partial charge in [0.15, 0.2) is 0 Å². The average Bonchev–Trinajstić information content (AvgIpc) is 2.83. The number of hydrogen-bond donors (Lipinski definition) is 1. The van der Waals surface area contributed by atoms with Gasteiger partial charge in [-0.25, -0.2) is 0 Å². The topological polar surface area (TPSA) is 27.7 Å². The van der Waals surface area contributed by atoms with Gasteiger partial charge in [-0.3, -0.25) is 4.90 Å². The minimum Gasteiger partial charge on any atom is -0.379 e. The van der Waals surface area contributed by atoms with Crippen molar-refractivity contribution in [1.29, 1.82) is 0 Å². The third-order valence-corrected chi connectivity index (χ3v) is 3.51. The molecule has 0 amide bonds. The Bertz CT molecular complexity index is 177. The summed E-state index contributed by atoms with van der Waals surface area (Å²) in [5.41, 5.74) is 0. The number of hydrogen-bond acceptors (Lipinski definition) is 4. The minimum atomic E-state index is 0.897. The summed E-state index contributed by atoms with van der Waals surface area (Å²) >= 11 is 0. The highest BCUT2D eigenvalue weighted by atomic mass is 16.5. The van der Waals surface area contributed by atoms with Crippen molar-refractivity contribution >= 4 is 0 Å². The van der Waals surface area contributed by atoms with E-state index in [4.69, 9.17) is 4.74 Å². The van der Waals surface area contributed by atoms with E-state index in [0.29, 0.717) is 0 Å². The molecule has 0 aromatic carbocycles. The van der Waals surface area contributed by atoms with Gasteiger partial charge in [-0.15, -0.1) is 0 Å². The molecule has 0 aliphatic carbocycles. The highest BCUT2D eigenvalue weighted by Gasteiger charge is 2.11. The molecule has 0 atom stereocenters. The van der Waals surface area contributed by atoms with Gasteiger partial charge < -0.3 is 15.0 Å². The summed E-state index contributed by atoms with van der Waals surface area (Å²) in [6, 6.07) is 0. The van der Waals surface area contributed by atoms with Crippen LogP contribution < -0.4 is 5.32 Å². The first kappa shape index (κ1) is 12.3. The Hall–Kier alpha value is -0.160. The van der Waals surface area contributed by atoms with Crippen LogP contribution in [-0.2, 0) is 4.74 Å². The molecule has 94 valence electrons. The first-order valence-corrected chi connectivity index (χ1v) is 6.68. The van der Waals surface area contributed by atoms with Crippen molar-refractivity contribution in [2.45, 2.75) is 12.8 Å². The lowest BCUT2D eigenvalue weighted by Gasteiger charge is -2.27. The molecule has 4 nitrogen and oxygen atoms in total. The summed E-state index contributed by atoms with van der Waals surface area (Å²) in [4.78, 5) is 4.98. The van der Waals surface area contributed by atoms with E-state index >= 15 is 0 Å². The van der Waals surface area contributed by atoms with Crippen LogP contribution in [-0.4, -0.2) is 75.4 Å². The highest BCUT2D eigenvalue weighted by molar-refractivity contribution is 4.67. The van der Waals surface area contributed by atoms with Gasteiger partial charge in [0.1, 0.15) is 0 Å². The van der Waals surface area contributed by atoms with Crippen LogP contribution in [0, 0.1) is 0 Å².